The van der Waals surface area contributed by atoms with Crippen LogP contribution < -0.4 is 4.74 Å². The molecular formula is C18H18FN3OS. The van der Waals surface area contributed by atoms with Gasteiger partial charge < -0.3 is 4.74 Å². The van der Waals surface area contributed by atoms with Crippen LogP contribution in [0.4, 0.5) is 4.39 Å². The summed E-state index contributed by atoms with van der Waals surface area (Å²) in [6.45, 7) is 2.65. The topological polar surface area (TPSA) is 39.9 Å². The molecule has 0 unspecified atom stereocenters. The second-order valence-electron chi connectivity index (χ2n) is 5.27. The summed E-state index contributed by atoms with van der Waals surface area (Å²) in [5.41, 5.74) is 2.27. The van der Waals surface area contributed by atoms with Crippen LogP contribution in [0.1, 0.15) is 12.0 Å². The predicted molar refractivity (Wildman–Crippen MR) is 93.3 cm³/mol. The van der Waals surface area contributed by atoms with Crippen molar-refractivity contribution in [3.8, 4) is 11.4 Å². The van der Waals surface area contributed by atoms with Gasteiger partial charge in [0.1, 0.15) is 17.9 Å². The van der Waals surface area contributed by atoms with E-state index in [1.54, 1.807) is 30.2 Å². The summed E-state index contributed by atoms with van der Waals surface area (Å²) in [6, 6.07) is 14.2. The van der Waals surface area contributed by atoms with E-state index in [0.29, 0.717) is 12.4 Å². The molecule has 0 aliphatic carbocycles. The van der Waals surface area contributed by atoms with Crippen molar-refractivity contribution in [2.45, 2.75) is 18.5 Å². The molecule has 24 heavy (non-hydrogen) atoms. The van der Waals surface area contributed by atoms with E-state index in [1.807, 2.05) is 16.7 Å². The van der Waals surface area contributed by atoms with Crippen molar-refractivity contribution in [1.82, 2.24) is 14.8 Å². The molecule has 0 bridgehead atoms. The van der Waals surface area contributed by atoms with E-state index in [2.05, 4.69) is 29.3 Å². The molecule has 0 saturated heterocycles. The number of benzene rings is 2. The predicted octanol–water partition coefficient (Wildman–Crippen LogP) is 4.28. The molecule has 0 atom stereocenters. The van der Waals surface area contributed by atoms with Gasteiger partial charge in [-0.3, -0.25) is 4.57 Å². The summed E-state index contributed by atoms with van der Waals surface area (Å²) >= 11 is 1.64. The van der Waals surface area contributed by atoms with Crippen molar-refractivity contribution in [3.63, 3.8) is 0 Å². The van der Waals surface area contributed by atoms with Gasteiger partial charge in [-0.1, -0.05) is 30.0 Å². The van der Waals surface area contributed by atoms with Crippen molar-refractivity contribution in [2.24, 2.45) is 0 Å². The molecule has 0 fully saturated rings. The average molecular weight is 343 g/mol. The first-order valence-corrected chi connectivity index (χ1v) is 8.70. The van der Waals surface area contributed by atoms with E-state index in [0.717, 1.165) is 23.0 Å². The molecule has 124 valence electrons. The van der Waals surface area contributed by atoms with Crippen molar-refractivity contribution < 1.29 is 9.13 Å². The van der Waals surface area contributed by atoms with Crippen molar-refractivity contribution >= 4 is 11.8 Å². The molecule has 0 N–H and O–H groups in total. The second-order valence-corrected chi connectivity index (χ2v) is 6.34. The lowest BCUT2D eigenvalue weighted by atomic mass is 10.2. The van der Waals surface area contributed by atoms with E-state index < -0.39 is 0 Å². The van der Waals surface area contributed by atoms with Gasteiger partial charge in [-0.15, -0.1) is 10.2 Å². The Hall–Kier alpha value is -2.34. The molecule has 0 radical (unpaired) electrons. The molecule has 4 nitrogen and oxygen atoms in total. The van der Waals surface area contributed by atoms with Crippen LogP contribution in [0.3, 0.4) is 0 Å². The standard InChI is InChI=1S/C18H18FN3OS/c1-14-5-2-3-6-17(14)22-13-20-21-18(22)24-12-4-11-23-16-9-7-15(19)8-10-16/h2-3,5-10,13H,4,11-12H2,1H3. The molecule has 0 aliphatic heterocycles. The highest BCUT2D eigenvalue weighted by Gasteiger charge is 2.08. The molecular weight excluding hydrogens is 325 g/mol. The molecule has 3 rings (SSSR count). The van der Waals surface area contributed by atoms with Crippen LogP contribution in [0, 0.1) is 12.7 Å². The third-order valence-electron chi connectivity index (χ3n) is 3.49. The summed E-state index contributed by atoms with van der Waals surface area (Å²) in [7, 11) is 0. The fourth-order valence-electron chi connectivity index (χ4n) is 2.27. The lowest BCUT2D eigenvalue weighted by molar-refractivity contribution is 0.318. The van der Waals surface area contributed by atoms with Crippen LogP contribution in [0.25, 0.3) is 5.69 Å². The summed E-state index contributed by atoms with van der Waals surface area (Å²) in [4.78, 5) is 0. The monoisotopic (exact) mass is 343 g/mol. The summed E-state index contributed by atoms with van der Waals surface area (Å²) in [6.07, 6.45) is 2.60. The number of aromatic nitrogens is 3. The normalized spacial score (nSPS) is 10.8. The first kappa shape index (κ1) is 16.5. The largest absolute Gasteiger partial charge is 0.494 e. The molecule has 0 spiro atoms. The second kappa shape index (κ2) is 7.97. The van der Waals surface area contributed by atoms with Crippen LogP contribution in [0.5, 0.6) is 5.75 Å². The summed E-state index contributed by atoms with van der Waals surface area (Å²) in [5, 5.41) is 9.08. The lowest BCUT2D eigenvalue weighted by Gasteiger charge is -2.09. The highest BCUT2D eigenvalue weighted by molar-refractivity contribution is 7.99. The van der Waals surface area contributed by atoms with Crippen LogP contribution in [0.2, 0.25) is 0 Å². The Kier molecular flexibility index (Phi) is 5.48. The minimum absolute atomic E-state index is 0.256. The van der Waals surface area contributed by atoms with E-state index in [9.17, 15) is 4.39 Å². The highest BCUT2D eigenvalue weighted by Crippen LogP contribution is 2.22. The van der Waals surface area contributed by atoms with Crippen molar-refractivity contribution in [1.29, 1.82) is 0 Å². The van der Waals surface area contributed by atoms with Gasteiger partial charge in [0.2, 0.25) is 0 Å². The Morgan fingerprint density at radius 1 is 1.12 bits per heavy atom. The van der Waals surface area contributed by atoms with Crippen LogP contribution in [-0.4, -0.2) is 27.1 Å². The molecule has 0 aliphatic rings. The van der Waals surface area contributed by atoms with Gasteiger partial charge in [0, 0.05) is 5.75 Å². The molecule has 6 heteroatoms. The summed E-state index contributed by atoms with van der Waals surface area (Å²) in [5.74, 6) is 1.30. The Balaban J connectivity index is 1.50. The minimum Gasteiger partial charge on any atom is -0.494 e. The number of hydrogen-bond acceptors (Lipinski definition) is 4. The molecule has 1 heterocycles. The third-order valence-corrected chi connectivity index (χ3v) is 4.52. The van der Waals surface area contributed by atoms with Gasteiger partial charge in [-0.2, -0.15) is 0 Å². The Bertz CT molecular complexity index is 789. The maximum absolute atomic E-state index is 12.8. The van der Waals surface area contributed by atoms with Crippen molar-refractivity contribution in [3.05, 3.63) is 66.2 Å². The van der Waals surface area contributed by atoms with E-state index >= 15 is 0 Å². The number of para-hydroxylation sites is 1. The third kappa shape index (κ3) is 4.14. The van der Waals surface area contributed by atoms with Gasteiger partial charge in [0.15, 0.2) is 5.16 Å². The van der Waals surface area contributed by atoms with Gasteiger partial charge in [0.05, 0.1) is 12.3 Å². The van der Waals surface area contributed by atoms with Crippen LogP contribution >= 0.6 is 11.8 Å². The number of hydrogen-bond donors (Lipinski definition) is 0. The maximum atomic E-state index is 12.8. The zero-order valence-electron chi connectivity index (χ0n) is 13.4. The Labute approximate surface area is 144 Å². The fourth-order valence-corrected chi connectivity index (χ4v) is 3.10. The van der Waals surface area contributed by atoms with E-state index in [1.165, 1.54) is 17.7 Å². The van der Waals surface area contributed by atoms with Crippen LogP contribution in [0.15, 0.2) is 60.0 Å². The Morgan fingerprint density at radius 2 is 1.92 bits per heavy atom. The van der Waals surface area contributed by atoms with Crippen LogP contribution in [-0.2, 0) is 0 Å². The zero-order valence-corrected chi connectivity index (χ0v) is 14.2. The first-order chi connectivity index (χ1) is 11.7. The Morgan fingerprint density at radius 3 is 2.71 bits per heavy atom. The van der Waals surface area contributed by atoms with Gasteiger partial charge in [-0.05, 0) is 49.2 Å². The molecule has 0 amide bonds. The average Bonchev–Trinajstić information content (AvgIpc) is 3.05. The maximum Gasteiger partial charge on any atom is 0.195 e. The number of ether oxygens (including phenoxy) is 1. The minimum atomic E-state index is -0.256. The SMILES string of the molecule is Cc1ccccc1-n1cnnc1SCCCOc1ccc(F)cc1. The van der Waals surface area contributed by atoms with E-state index in [4.69, 9.17) is 4.74 Å². The smallest absolute Gasteiger partial charge is 0.195 e. The number of halogens is 1. The fraction of sp³-hybridized carbons (Fsp3) is 0.222. The molecule has 2 aromatic carbocycles. The lowest BCUT2D eigenvalue weighted by Crippen LogP contribution is -2.01. The molecule has 3 aromatic rings. The summed E-state index contributed by atoms with van der Waals surface area (Å²) < 4.78 is 20.4. The number of rotatable bonds is 7. The molecule has 1 aromatic heterocycles. The van der Waals surface area contributed by atoms with Gasteiger partial charge in [-0.25, -0.2) is 4.39 Å². The number of aryl methyl sites for hydroxylation is 1. The van der Waals surface area contributed by atoms with Crippen molar-refractivity contribution in [2.75, 3.05) is 12.4 Å². The van der Waals surface area contributed by atoms with E-state index in [-0.39, 0.29) is 5.82 Å². The first-order valence-electron chi connectivity index (χ1n) is 7.71. The van der Waals surface area contributed by atoms with Gasteiger partial charge in [0.25, 0.3) is 0 Å². The zero-order chi connectivity index (χ0) is 16.8. The quantitative estimate of drug-likeness (QED) is 0.474. The molecule has 0 saturated carbocycles. The van der Waals surface area contributed by atoms with Gasteiger partial charge >= 0.3 is 0 Å². The number of nitrogens with zero attached hydrogens (tertiary/aromatic N) is 3. The highest BCUT2D eigenvalue weighted by atomic mass is 32.2. The number of thioether (sulfide) groups is 1.